The number of carboxylic acids is 2. The Morgan fingerprint density at radius 1 is 1.15 bits per heavy atom. The number of carbonyl (C=O) groups is 2. The number of furan rings is 1. The van der Waals surface area contributed by atoms with Crippen LogP contribution in [0.25, 0.3) is 0 Å². The molecule has 7 heteroatoms. The Balaban J connectivity index is 2.11. The fourth-order valence-electron chi connectivity index (χ4n) is 1.56. The average molecular weight is 279 g/mol. The van der Waals surface area contributed by atoms with Gasteiger partial charge in [-0.15, -0.1) is 0 Å². The maximum atomic E-state index is 13.5. The molecular formula is C13H10FNO5. The Bertz CT molecular complexity index is 665. The molecule has 1 aromatic heterocycles. The summed E-state index contributed by atoms with van der Waals surface area (Å²) in [5, 5.41) is 20.2. The van der Waals surface area contributed by atoms with Crippen molar-refractivity contribution in [2.45, 2.75) is 6.54 Å². The minimum atomic E-state index is -1.20. The summed E-state index contributed by atoms with van der Waals surface area (Å²) < 4.78 is 18.5. The van der Waals surface area contributed by atoms with Gasteiger partial charge < -0.3 is 19.9 Å². The molecule has 0 atom stereocenters. The van der Waals surface area contributed by atoms with Crippen molar-refractivity contribution in [2.24, 2.45) is 0 Å². The van der Waals surface area contributed by atoms with E-state index < -0.39 is 17.8 Å². The van der Waals surface area contributed by atoms with E-state index in [1.807, 2.05) is 0 Å². The first-order valence-electron chi connectivity index (χ1n) is 5.56. The van der Waals surface area contributed by atoms with Gasteiger partial charge in [-0.05, 0) is 30.3 Å². The number of hydrogen-bond acceptors (Lipinski definition) is 4. The second-order valence-corrected chi connectivity index (χ2v) is 3.92. The second-order valence-electron chi connectivity index (χ2n) is 3.92. The van der Waals surface area contributed by atoms with Gasteiger partial charge in [0.05, 0.1) is 17.8 Å². The molecule has 2 rings (SSSR count). The molecule has 0 saturated heterocycles. The fraction of sp³-hybridized carbons (Fsp3) is 0.0769. The third-order valence-electron chi connectivity index (χ3n) is 2.54. The molecule has 0 unspecified atom stereocenters. The first-order valence-corrected chi connectivity index (χ1v) is 5.56. The number of hydrogen-bond donors (Lipinski definition) is 3. The zero-order valence-electron chi connectivity index (χ0n) is 10.1. The van der Waals surface area contributed by atoms with Crippen molar-refractivity contribution in [1.29, 1.82) is 0 Å². The highest BCUT2D eigenvalue weighted by molar-refractivity contribution is 5.88. The molecule has 0 bridgehead atoms. The van der Waals surface area contributed by atoms with Crippen molar-refractivity contribution >= 4 is 17.6 Å². The molecule has 0 aliphatic carbocycles. The van der Waals surface area contributed by atoms with Gasteiger partial charge in [0.25, 0.3) is 0 Å². The maximum Gasteiger partial charge on any atom is 0.371 e. The summed E-state index contributed by atoms with van der Waals surface area (Å²) in [6.07, 6.45) is 0. The zero-order chi connectivity index (χ0) is 14.7. The molecule has 6 nitrogen and oxygen atoms in total. The number of rotatable bonds is 5. The van der Waals surface area contributed by atoms with Crippen molar-refractivity contribution in [1.82, 2.24) is 0 Å². The van der Waals surface area contributed by atoms with E-state index in [2.05, 4.69) is 5.32 Å². The lowest BCUT2D eigenvalue weighted by molar-refractivity contribution is 0.0657. The first kappa shape index (κ1) is 13.6. The largest absolute Gasteiger partial charge is 0.478 e. The van der Waals surface area contributed by atoms with Crippen LogP contribution in [0, 0.1) is 5.82 Å². The maximum absolute atomic E-state index is 13.5. The Hall–Kier alpha value is -2.83. The van der Waals surface area contributed by atoms with Gasteiger partial charge in [0, 0.05) is 0 Å². The van der Waals surface area contributed by atoms with Crippen LogP contribution < -0.4 is 5.32 Å². The lowest BCUT2D eigenvalue weighted by atomic mass is 10.2. The zero-order valence-corrected chi connectivity index (χ0v) is 10.1. The molecule has 0 saturated carbocycles. The van der Waals surface area contributed by atoms with Gasteiger partial charge in [-0.1, -0.05) is 0 Å². The monoisotopic (exact) mass is 279 g/mol. The van der Waals surface area contributed by atoms with Gasteiger partial charge in [-0.3, -0.25) is 0 Å². The van der Waals surface area contributed by atoms with Crippen LogP contribution in [0.3, 0.4) is 0 Å². The van der Waals surface area contributed by atoms with Crippen LogP contribution in [0.15, 0.2) is 34.7 Å². The number of nitrogens with one attached hydrogen (secondary N) is 1. The molecule has 0 amide bonds. The van der Waals surface area contributed by atoms with E-state index in [0.29, 0.717) is 5.76 Å². The van der Waals surface area contributed by atoms with Crippen LogP contribution in [0.4, 0.5) is 10.1 Å². The summed E-state index contributed by atoms with van der Waals surface area (Å²) in [5.41, 5.74) is -0.0576. The molecule has 3 N–H and O–H groups in total. The predicted molar refractivity (Wildman–Crippen MR) is 66.4 cm³/mol. The molecule has 1 aromatic carbocycles. The number of halogens is 1. The lowest BCUT2D eigenvalue weighted by Gasteiger charge is -2.06. The third kappa shape index (κ3) is 2.94. The standard InChI is InChI=1S/C13H10FNO5/c14-9-3-1-7(12(16)17)5-10(9)15-6-8-2-4-11(20-8)13(18)19/h1-5,15H,6H2,(H,16,17)(H,18,19). The smallest absolute Gasteiger partial charge is 0.371 e. The normalized spacial score (nSPS) is 10.2. The average Bonchev–Trinajstić information content (AvgIpc) is 2.86. The summed E-state index contributed by atoms with van der Waals surface area (Å²) in [7, 11) is 0. The summed E-state index contributed by atoms with van der Waals surface area (Å²) in [5.74, 6) is -2.90. The van der Waals surface area contributed by atoms with E-state index in [1.54, 1.807) is 0 Å². The van der Waals surface area contributed by atoms with Crippen molar-refractivity contribution in [3.8, 4) is 0 Å². The summed E-state index contributed by atoms with van der Waals surface area (Å²) in [6, 6.07) is 6.06. The Kier molecular flexibility index (Phi) is 3.69. The van der Waals surface area contributed by atoms with Crippen molar-refractivity contribution < 1.29 is 28.6 Å². The first-order chi connectivity index (χ1) is 9.47. The molecule has 0 aliphatic heterocycles. The molecule has 2 aromatic rings. The molecular weight excluding hydrogens is 269 g/mol. The molecule has 0 spiro atoms. The Morgan fingerprint density at radius 2 is 1.90 bits per heavy atom. The van der Waals surface area contributed by atoms with Gasteiger partial charge in [-0.2, -0.15) is 0 Å². The number of benzene rings is 1. The van der Waals surface area contributed by atoms with Crippen LogP contribution in [-0.2, 0) is 6.54 Å². The SMILES string of the molecule is O=C(O)c1ccc(F)c(NCc2ccc(C(=O)O)o2)c1. The van der Waals surface area contributed by atoms with E-state index in [9.17, 15) is 14.0 Å². The van der Waals surface area contributed by atoms with Crippen LogP contribution in [0.2, 0.25) is 0 Å². The van der Waals surface area contributed by atoms with Crippen LogP contribution >= 0.6 is 0 Å². The predicted octanol–water partition coefficient (Wildman–Crippen LogP) is 2.43. The van der Waals surface area contributed by atoms with Gasteiger partial charge in [-0.25, -0.2) is 14.0 Å². The van der Waals surface area contributed by atoms with Crippen LogP contribution in [0.5, 0.6) is 0 Å². The van der Waals surface area contributed by atoms with Crippen molar-refractivity contribution in [2.75, 3.05) is 5.32 Å². The highest BCUT2D eigenvalue weighted by Crippen LogP contribution is 2.18. The van der Waals surface area contributed by atoms with E-state index in [1.165, 1.54) is 12.1 Å². The summed E-state index contributed by atoms with van der Waals surface area (Å²) >= 11 is 0. The number of aromatic carboxylic acids is 2. The molecule has 0 fully saturated rings. The Morgan fingerprint density at radius 3 is 2.50 bits per heavy atom. The van der Waals surface area contributed by atoms with Crippen LogP contribution in [-0.4, -0.2) is 22.2 Å². The fourth-order valence-corrected chi connectivity index (χ4v) is 1.56. The molecule has 0 aliphatic rings. The van der Waals surface area contributed by atoms with E-state index in [4.69, 9.17) is 14.6 Å². The van der Waals surface area contributed by atoms with Crippen LogP contribution in [0.1, 0.15) is 26.7 Å². The van der Waals surface area contributed by atoms with Gasteiger partial charge in [0.15, 0.2) is 0 Å². The van der Waals surface area contributed by atoms with Crippen molar-refractivity contribution in [3.63, 3.8) is 0 Å². The molecule has 104 valence electrons. The third-order valence-corrected chi connectivity index (χ3v) is 2.54. The number of anilines is 1. The second kappa shape index (κ2) is 5.43. The highest BCUT2D eigenvalue weighted by atomic mass is 19.1. The molecule has 1 heterocycles. The van der Waals surface area contributed by atoms with Gasteiger partial charge in [0.1, 0.15) is 11.6 Å². The lowest BCUT2D eigenvalue weighted by Crippen LogP contribution is -2.04. The number of carboxylic acid groups (broad SMARTS) is 2. The summed E-state index contributed by atoms with van der Waals surface area (Å²) in [4.78, 5) is 21.4. The molecule has 20 heavy (non-hydrogen) atoms. The quantitative estimate of drug-likeness (QED) is 0.777. The topological polar surface area (TPSA) is 99.8 Å². The van der Waals surface area contributed by atoms with E-state index in [0.717, 1.165) is 18.2 Å². The van der Waals surface area contributed by atoms with Gasteiger partial charge >= 0.3 is 11.9 Å². The van der Waals surface area contributed by atoms with E-state index in [-0.39, 0.29) is 23.6 Å². The molecule has 0 radical (unpaired) electrons. The minimum absolute atomic E-state index is 0.00169. The Labute approximate surface area is 112 Å². The van der Waals surface area contributed by atoms with Crippen molar-refractivity contribution in [3.05, 3.63) is 53.2 Å². The summed E-state index contributed by atoms with van der Waals surface area (Å²) in [6.45, 7) is 0.0350. The minimum Gasteiger partial charge on any atom is -0.478 e. The highest BCUT2D eigenvalue weighted by Gasteiger charge is 2.11. The van der Waals surface area contributed by atoms with Gasteiger partial charge in [0.2, 0.25) is 5.76 Å². The van der Waals surface area contributed by atoms with E-state index >= 15 is 0 Å².